The highest BCUT2D eigenvalue weighted by Crippen LogP contribution is 2.20. The minimum absolute atomic E-state index is 0.284. The van der Waals surface area contributed by atoms with Crippen molar-refractivity contribution in [2.24, 2.45) is 11.8 Å². The average Bonchev–Trinajstić information content (AvgIpc) is 2.17. The number of likely N-dealkylation sites (tertiary alicyclic amines) is 1. The Hall–Kier alpha value is -0.570. The summed E-state index contributed by atoms with van der Waals surface area (Å²) in [5.41, 5.74) is 0. The number of amides is 1. The fourth-order valence-electron chi connectivity index (χ4n) is 2.79. The van der Waals surface area contributed by atoms with Crippen molar-refractivity contribution in [3.63, 3.8) is 0 Å². The van der Waals surface area contributed by atoms with Gasteiger partial charge in [-0.1, -0.05) is 13.8 Å². The Morgan fingerprint density at radius 1 is 1.19 bits per heavy atom. The zero-order valence-electron chi connectivity index (χ0n) is 11.2. The van der Waals surface area contributed by atoms with E-state index in [1.54, 1.807) is 0 Å². The third kappa shape index (κ3) is 3.78. The van der Waals surface area contributed by atoms with Crippen LogP contribution in [0.3, 0.4) is 0 Å². The molecule has 0 spiro atoms. The van der Waals surface area contributed by atoms with Crippen LogP contribution in [-0.4, -0.2) is 48.4 Å². The molecule has 1 aliphatic rings. The summed E-state index contributed by atoms with van der Waals surface area (Å²) in [6, 6.07) is 0. The lowest BCUT2D eigenvalue weighted by molar-refractivity contribution is -0.132. The van der Waals surface area contributed by atoms with Gasteiger partial charge in [0.2, 0.25) is 5.91 Å². The molecule has 1 heterocycles. The minimum Gasteiger partial charge on any atom is -0.342 e. The topological polar surface area (TPSA) is 23.6 Å². The fourth-order valence-corrected chi connectivity index (χ4v) is 2.79. The van der Waals surface area contributed by atoms with Gasteiger partial charge in [0.15, 0.2) is 0 Å². The lowest BCUT2D eigenvalue weighted by atomic mass is 9.92. The van der Waals surface area contributed by atoms with E-state index >= 15 is 0 Å². The van der Waals surface area contributed by atoms with E-state index in [9.17, 15) is 4.79 Å². The van der Waals surface area contributed by atoms with Gasteiger partial charge in [0, 0.05) is 26.2 Å². The molecule has 0 aromatic rings. The molecule has 0 N–H and O–H groups in total. The highest BCUT2D eigenvalue weighted by Gasteiger charge is 2.24. The molecule has 0 saturated carbocycles. The van der Waals surface area contributed by atoms with Gasteiger partial charge in [-0.15, -0.1) is 0 Å². The predicted octanol–water partition coefficient (Wildman–Crippen LogP) is 1.83. The third-order valence-corrected chi connectivity index (χ3v) is 3.42. The molecule has 2 atom stereocenters. The van der Waals surface area contributed by atoms with E-state index < -0.39 is 0 Å². The van der Waals surface area contributed by atoms with E-state index in [-0.39, 0.29) is 5.91 Å². The van der Waals surface area contributed by atoms with Crippen molar-refractivity contribution in [1.82, 2.24) is 9.80 Å². The Morgan fingerprint density at radius 3 is 2.12 bits per heavy atom. The van der Waals surface area contributed by atoms with Gasteiger partial charge in [-0.25, -0.2) is 0 Å². The van der Waals surface area contributed by atoms with Gasteiger partial charge >= 0.3 is 0 Å². The van der Waals surface area contributed by atoms with E-state index in [2.05, 4.69) is 18.7 Å². The van der Waals surface area contributed by atoms with Crippen LogP contribution in [0.25, 0.3) is 0 Å². The van der Waals surface area contributed by atoms with Crippen molar-refractivity contribution < 1.29 is 4.79 Å². The normalized spacial score (nSPS) is 26.8. The lowest BCUT2D eigenvalue weighted by Gasteiger charge is -2.35. The van der Waals surface area contributed by atoms with Crippen molar-refractivity contribution >= 4 is 5.91 Å². The number of hydrogen-bond acceptors (Lipinski definition) is 2. The second-order valence-corrected chi connectivity index (χ2v) is 5.21. The van der Waals surface area contributed by atoms with Gasteiger partial charge < -0.3 is 4.90 Å². The highest BCUT2D eigenvalue weighted by molar-refractivity contribution is 5.78. The Balaban J connectivity index is 2.43. The number of carbonyl (C=O) groups is 1. The summed E-state index contributed by atoms with van der Waals surface area (Å²) in [4.78, 5) is 16.2. The van der Waals surface area contributed by atoms with E-state index in [1.807, 2.05) is 18.7 Å². The summed E-state index contributed by atoms with van der Waals surface area (Å²) in [5.74, 6) is 1.74. The number of rotatable bonds is 4. The van der Waals surface area contributed by atoms with Gasteiger partial charge in [0.1, 0.15) is 0 Å². The van der Waals surface area contributed by atoms with Crippen LogP contribution >= 0.6 is 0 Å². The summed E-state index contributed by atoms with van der Waals surface area (Å²) >= 11 is 0. The van der Waals surface area contributed by atoms with E-state index in [1.165, 1.54) is 6.42 Å². The second-order valence-electron chi connectivity index (χ2n) is 5.21. The largest absolute Gasteiger partial charge is 0.342 e. The smallest absolute Gasteiger partial charge is 0.236 e. The SMILES string of the molecule is CCN(CC)C(=O)CN1CC(C)CC(C)C1. The first kappa shape index (κ1) is 13.5. The van der Waals surface area contributed by atoms with E-state index in [0.717, 1.165) is 38.0 Å². The molecule has 16 heavy (non-hydrogen) atoms. The standard InChI is InChI=1S/C13H26N2O/c1-5-15(6-2)13(16)10-14-8-11(3)7-12(4)9-14/h11-12H,5-10H2,1-4H3. The zero-order chi connectivity index (χ0) is 12.1. The van der Waals surface area contributed by atoms with Crippen LogP contribution in [0.2, 0.25) is 0 Å². The van der Waals surface area contributed by atoms with Crippen LogP contribution in [0.1, 0.15) is 34.1 Å². The molecular weight excluding hydrogens is 200 g/mol. The van der Waals surface area contributed by atoms with Gasteiger partial charge in [-0.3, -0.25) is 9.69 Å². The zero-order valence-corrected chi connectivity index (χ0v) is 11.2. The molecule has 0 aliphatic carbocycles. The Kier molecular flexibility index (Phi) is 5.26. The lowest BCUT2D eigenvalue weighted by Crippen LogP contribution is -2.45. The molecule has 3 nitrogen and oxygen atoms in total. The number of carbonyl (C=O) groups excluding carboxylic acids is 1. The van der Waals surface area contributed by atoms with Crippen molar-refractivity contribution in [1.29, 1.82) is 0 Å². The average molecular weight is 226 g/mol. The van der Waals surface area contributed by atoms with Crippen LogP contribution in [0, 0.1) is 11.8 Å². The maximum absolute atomic E-state index is 12.0. The van der Waals surface area contributed by atoms with Gasteiger partial charge in [0.05, 0.1) is 6.54 Å². The van der Waals surface area contributed by atoms with E-state index in [0.29, 0.717) is 6.54 Å². The molecule has 1 saturated heterocycles. The summed E-state index contributed by atoms with van der Waals surface area (Å²) in [5, 5.41) is 0. The molecule has 1 aliphatic heterocycles. The Labute approximate surface area is 99.8 Å². The van der Waals surface area contributed by atoms with Crippen LogP contribution in [-0.2, 0) is 4.79 Å². The third-order valence-electron chi connectivity index (χ3n) is 3.42. The molecule has 0 aromatic heterocycles. The quantitative estimate of drug-likeness (QED) is 0.730. The van der Waals surface area contributed by atoms with Crippen molar-refractivity contribution in [2.45, 2.75) is 34.1 Å². The number of likely N-dealkylation sites (N-methyl/N-ethyl adjacent to an activating group) is 1. The monoisotopic (exact) mass is 226 g/mol. The van der Waals surface area contributed by atoms with Crippen LogP contribution in [0.5, 0.6) is 0 Å². The number of piperidine rings is 1. The molecule has 3 heteroatoms. The fraction of sp³-hybridized carbons (Fsp3) is 0.923. The van der Waals surface area contributed by atoms with E-state index in [4.69, 9.17) is 0 Å². The van der Waals surface area contributed by atoms with Crippen LogP contribution < -0.4 is 0 Å². The molecule has 0 bridgehead atoms. The number of nitrogens with zero attached hydrogens (tertiary/aromatic N) is 2. The first-order valence-corrected chi connectivity index (χ1v) is 6.56. The molecule has 2 unspecified atom stereocenters. The first-order valence-electron chi connectivity index (χ1n) is 6.56. The second kappa shape index (κ2) is 6.24. The molecule has 1 fully saturated rings. The van der Waals surface area contributed by atoms with Gasteiger partial charge in [-0.2, -0.15) is 0 Å². The van der Waals surface area contributed by atoms with Gasteiger partial charge in [0.25, 0.3) is 0 Å². The van der Waals surface area contributed by atoms with Crippen molar-refractivity contribution in [3.05, 3.63) is 0 Å². The van der Waals surface area contributed by atoms with Crippen LogP contribution in [0.4, 0.5) is 0 Å². The maximum atomic E-state index is 12.0. The number of hydrogen-bond donors (Lipinski definition) is 0. The van der Waals surface area contributed by atoms with Crippen molar-refractivity contribution in [3.8, 4) is 0 Å². The van der Waals surface area contributed by atoms with Crippen molar-refractivity contribution in [2.75, 3.05) is 32.7 Å². The Morgan fingerprint density at radius 2 is 1.69 bits per heavy atom. The maximum Gasteiger partial charge on any atom is 0.236 e. The molecule has 94 valence electrons. The molecule has 0 aromatic carbocycles. The first-order chi connectivity index (χ1) is 7.56. The summed E-state index contributed by atoms with van der Waals surface area (Å²) < 4.78 is 0. The molecular formula is C13H26N2O. The molecule has 1 rings (SSSR count). The summed E-state index contributed by atoms with van der Waals surface area (Å²) in [6.07, 6.45) is 1.30. The highest BCUT2D eigenvalue weighted by atomic mass is 16.2. The van der Waals surface area contributed by atoms with Gasteiger partial charge in [-0.05, 0) is 32.1 Å². The minimum atomic E-state index is 0.284. The summed E-state index contributed by atoms with van der Waals surface area (Å²) in [7, 11) is 0. The predicted molar refractivity (Wildman–Crippen MR) is 67.3 cm³/mol. The van der Waals surface area contributed by atoms with Crippen LogP contribution in [0.15, 0.2) is 0 Å². The summed E-state index contributed by atoms with van der Waals surface area (Å²) in [6.45, 7) is 13.1. The molecule has 1 amide bonds. The Bertz CT molecular complexity index is 216. The molecule has 0 radical (unpaired) electrons.